The van der Waals surface area contributed by atoms with Gasteiger partial charge in [0.1, 0.15) is 5.84 Å². The van der Waals surface area contributed by atoms with E-state index in [0.717, 1.165) is 30.4 Å². The molecule has 21 heavy (non-hydrogen) atoms. The van der Waals surface area contributed by atoms with Crippen LogP contribution in [0.2, 0.25) is 0 Å². The quantitative estimate of drug-likeness (QED) is 0.496. The Morgan fingerprint density at radius 1 is 1.38 bits per heavy atom. The molecular weight excluding hydrogens is 264 g/mol. The lowest BCUT2D eigenvalue weighted by Gasteiger charge is -2.35. The van der Waals surface area contributed by atoms with Gasteiger partial charge in [0.15, 0.2) is 0 Å². The third kappa shape index (κ3) is 3.43. The summed E-state index contributed by atoms with van der Waals surface area (Å²) in [5.74, 6) is 0.528. The Morgan fingerprint density at radius 3 is 2.62 bits per heavy atom. The number of nitrogens with one attached hydrogen (secondary N) is 1. The lowest BCUT2D eigenvalue weighted by molar-refractivity contribution is -0.158. The summed E-state index contributed by atoms with van der Waals surface area (Å²) in [6.07, 6.45) is 3.05. The Morgan fingerprint density at radius 2 is 2.05 bits per heavy atom. The first-order chi connectivity index (χ1) is 10.0. The average molecular weight is 288 g/mol. The summed E-state index contributed by atoms with van der Waals surface area (Å²) < 4.78 is 5.40. The third-order valence-corrected chi connectivity index (χ3v) is 4.50. The molecule has 0 saturated carbocycles. The lowest BCUT2D eigenvalue weighted by atomic mass is 9.75. The number of hydrogen-bond donors (Lipinski definition) is 2. The summed E-state index contributed by atoms with van der Waals surface area (Å²) in [6.45, 7) is 4.73. The molecule has 0 amide bonds. The van der Waals surface area contributed by atoms with Crippen molar-refractivity contribution in [2.45, 2.75) is 39.0 Å². The number of esters is 1. The van der Waals surface area contributed by atoms with Gasteiger partial charge in [0.05, 0.1) is 12.5 Å². The first-order valence-corrected chi connectivity index (χ1v) is 7.65. The molecule has 0 bridgehead atoms. The SMILES string of the molecule is CCCCC1C(=O)OCC(c2ccc(C(=N)N)cc2)C1C. The minimum Gasteiger partial charge on any atom is -0.465 e. The molecule has 114 valence electrons. The fourth-order valence-electron chi connectivity index (χ4n) is 3.04. The molecule has 0 aromatic heterocycles. The van der Waals surface area contributed by atoms with E-state index >= 15 is 0 Å². The van der Waals surface area contributed by atoms with E-state index in [1.807, 2.05) is 24.3 Å². The Bertz CT molecular complexity index is 510. The highest BCUT2D eigenvalue weighted by Crippen LogP contribution is 2.37. The van der Waals surface area contributed by atoms with Crippen LogP contribution in [0.1, 0.15) is 50.2 Å². The Kier molecular flexibility index (Phi) is 4.99. The van der Waals surface area contributed by atoms with E-state index in [1.54, 1.807) is 0 Å². The van der Waals surface area contributed by atoms with Gasteiger partial charge in [0.2, 0.25) is 0 Å². The molecule has 3 unspecified atom stereocenters. The number of amidine groups is 1. The molecule has 1 aliphatic heterocycles. The van der Waals surface area contributed by atoms with E-state index in [-0.39, 0.29) is 29.6 Å². The summed E-state index contributed by atoms with van der Waals surface area (Å²) in [4.78, 5) is 12.0. The summed E-state index contributed by atoms with van der Waals surface area (Å²) in [5.41, 5.74) is 7.36. The zero-order chi connectivity index (χ0) is 15.4. The monoisotopic (exact) mass is 288 g/mol. The van der Waals surface area contributed by atoms with Gasteiger partial charge in [-0.15, -0.1) is 0 Å². The van der Waals surface area contributed by atoms with Crippen LogP contribution in [0.25, 0.3) is 0 Å². The fourth-order valence-corrected chi connectivity index (χ4v) is 3.04. The molecule has 1 aliphatic rings. The molecule has 1 saturated heterocycles. The van der Waals surface area contributed by atoms with Crippen molar-refractivity contribution in [3.63, 3.8) is 0 Å². The fraction of sp³-hybridized carbons (Fsp3) is 0.529. The number of cyclic esters (lactones) is 1. The minimum absolute atomic E-state index is 0.00353. The smallest absolute Gasteiger partial charge is 0.309 e. The second kappa shape index (κ2) is 6.74. The van der Waals surface area contributed by atoms with E-state index in [1.165, 1.54) is 0 Å². The summed E-state index contributed by atoms with van der Waals surface area (Å²) in [7, 11) is 0. The maximum atomic E-state index is 12.0. The lowest BCUT2D eigenvalue weighted by Crippen LogP contribution is -2.36. The summed E-state index contributed by atoms with van der Waals surface area (Å²) >= 11 is 0. The predicted molar refractivity (Wildman–Crippen MR) is 83.3 cm³/mol. The molecule has 3 N–H and O–H groups in total. The summed E-state index contributed by atoms with van der Waals surface area (Å²) in [5, 5.41) is 7.43. The van der Waals surface area contributed by atoms with Crippen LogP contribution in [0.15, 0.2) is 24.3 Å². The van der Waals surface area contributed by atoms with Crippen LogP contribution in [-0.4, -0.2) is 18.4 Å². The van der Waals surface area contributed by atoms with Gasteiger partial charge in [0, 0.05) is 11.5 Å². The Balaban J connectivity index is 2.15. The van der Waals surface area contributed by atoms with Gasteiger partial charge in [-0.25, -0.2) is 0 Å². The van der Waals surface area contributed by atoms with Crippen molar-refractivity contribution >= 4 is 11.8 Å². The molecule has 0 spiro atoms. The average Bonchev–Trinajstić information content (AvgIpc) is 2.47. The number of nitrogens with two attached hydrogens (primary N) is 1. The van der Waals surface area contributed by atoms with Gasteiger partial charge in [-0.3, -0.25) is 10.2 Å². The van der Waals surface area contributed by atoms with Crippen LogP contribution in [0.5, 0.6) is 0 Å². The number of carbonyl (C=O) groups excluding carboxylic acids is 1. The van der Waals surface area contributed by atoms with Crippen molar-refractivity contribution in [2.24, 2.45) is 17.6 Å². The standard InChI is InChI=1S/C17H24N2O2/c1-3-4-5-14-11(2)15(10-21-17(14)20)12-6-8-13(9-7-12)16(18)19/h6-9,11,14-15H,3-5,10H2,1-2H3,(H3,18,19). The number of benzene rings is 1. The second-order valence-corrected chi connectivity index (χ2v) is 5.88. The zero-order valence-corrected chi connectivity index (χ0v) is 12.8. The molecule has 1 aromatic carbocycles. The van der Waals surface area contributed by atoms with E-state index in [9.17, 15) is 4.79 Å². The normalized spacial score (nSPS) is 25.4. The molecule has 4 nitrogen and oxygen atoms in total. The first-order valence-electron chi connectivity index (χ1n) is 7.65. The number of unbranched alkanes of at least 4 members (excludes halogenated alkanes) is 1. The van der Waals surface area contributed by atoms with E-state index in [0.29, 0.717) is 6.61 Å². The minimum atomic E-state index is -0.0486. The van der Waals surface area contributed by atoms with E-state index < -0.39 is 0 Å². The Labute approximate surface area is 126 Å². The molecule has 2 rings (SSSR count). The summed E-state index contributed by atoms with van der Waals surface area (Å²) in [6, 6.07) is 7.71. The largest absolute Gasteiger partial charge is 0.465 e. The number of ether oxygens (including phenoxy) is 1. The van der Waals surface area contributed by atoms with E-state index in [2.05, 4.69) is 13.8 Å². The van der Waals surface area contributed by atoms with Crippen LogP contribution in [0, 0.1) is 17.2 Å². The number of hydrogen-bond acceptors (Lipinski definition) is 3. The molecule has 1 fully saturated rings. The van der Waals surface area contributed by atoms with Crippen LogP contribution >= 0.6 is 0 Å². The zero-order valence-electron chi connectivity index (χ0n) is 12.8. The number of rotatable bonds is 5. The Hall–Kier alpha value is -1.84. The molecule has 3 atom stereocenters. The molecule has 0 radical (unpaired) electrons. The maximum Gasteiger partial charge on any atom is 0.309 e. The highest BCUT2D eigenvalue weighted by molar-refractivity contribution is 5.94. The van der Waals surface area contributed by atoms with Gasteiger partial charge in [-0.05, 0) is 17.9 Å². The molecule has 4 heteroatoms. The van der Waals surface area contributed by atoms with Crippen LogP contribution < -0.4 is 5.73 Å². The van der Waals surface area contributed by atoms with Gasteiger partial charge in [-0.2, -0.15) is 0 Å². The second-order valence-electron chi connectivity index (χ2n) is 5.88. The van der Waals surface area contributed by atoms with Crippen LogP contribution in [0.3, 0.4) is 0 Å². The maximum absolute atomic E-state index is 12.0. The highest BCUT2D eigenvalue weighted by Gasteiger charge is 2.37. The van der Waals surface area contributed by atoms with Crippen molar-refractivity contribution in [1.82, 2.24) is 0 Å². The van der Waals surface area contributed by atoms with Crippen LogP contribution in [0.4, 0.5) is 0 Å². The van der Waals surface area contributed by atoms with Crippen molar-refractivity contribution in [1.29, 1.82) is 5.41 Å². The topological polar surface area (TPSA) is 76.2 Å². The van der Waals surface area contributed by atoms with Crippen molar-refractivity contribution in [3.8, 4) is 0 Å². The van der Waals surface area contributed by atoms with Gasteiger partial charge in [0.25, 0.3) is 0 Å². The molecule has 1 aromatic rings. The van der Waals surface area contributed by atoms with Gasteiger partial charge >= 0.3 is 5.97 Å². The molecule has 1 heterocycles. The highest BCUT2D eigenvalue weighted by atomic mass is 16.5. The third-order valence-electron chi connectivity index (χ3n) is 4.50. The van der Waals surface area contributed by atoms with E-state index in [4.69, 9.17) is 15.9 Å². The van der Waals surface area contributed by atoms with Gasteiger partial charge < -0.3 is 10.5 Å². The first kappa shape index (κ1) is 15.5. The van der Waals surface area contributed by atoms with Crippen molar-refractivity contribution < 1.29 is 9.53 Å². The van der Waals surface area contributed by atoms with Crippen molar-refractivity contribution in [3.05, 3.63) is 35.4 Å². The predicted octanol–water partition coefficient (Wildman–Crippen LogP) is 3.05. The number of carbonyl (C=O) groups is 1. The molecule has 0 aliphatic carbocycles. The molecular formula is C17H24N2O2. The van der Waals surface area contributed by atoms with Crippen LogP contribution in [-0.2, 0) is 9.53 Å². The van der Waals surface area contributed by atoms with Crippen molar-refractivity contribution in [2.75, 3.05) is 6.61 Å². The number of nitrogen functional groups attached to an aromatic ring is 1. The van der Waals surface area contributed by atoms with Gasteiger partial charge in [-0.1, -0.05) is 51.0 Å².